The molecule has 34 heavy (non-hydrogen) atoms. The number of benzene rings is 1. The summed E-state index contributed by atoms with van der Waals surface area (Å²) in [6.07, 6.45) is 4.03. The van der Waals surface area contributed by atoms with Gasteiger partial charge in [0.25, 0.3) is 5.56 Å². The lowest BCUT2D eigenvalue weighted by Gasteiger charge is -2.14. The molecule has 1 aromatic carbocycles. The van der Waals surface area contributed by atoms with E-state index in [2.05, 4.69) is 21.4 Å². The second-order valence-corrected chi connectivity index (χ2v) is 9.05. The number of nitrogens with one attached hydrogen (secondary N) is 2. The first-order chi connectivity index (χ1) is 16.4. The summed E-state index contributed by atoms with van der Waals surface area (Å²) >= 11 is 0. The van der Waals surface area contributed by atoms with Crippen molar-refractivity contribution in [3.8, 4) is 6.07 Å². The largest absolute Gasteiger partial charge is 0.477 e. The Balaban J connectivity index is 1.59. The molecule has 1 unspecified atom stereocenters. The summed E-state index contributed by atoms with van der Waals surface area (Å²) in [6, 6.07) is 11.2. The quantitative estimate of drug-likeness (QED) is 0.366. The van der Waals surface area contributed by atoms with E-state index in [1.165, 1.54) is 0 Å². The van der Waals surface area contributed by atoms with Gasteiger partial charge in [0, 0.05) is 17.3 Å². The number of hydrogen-bond donors (Lipinski definition) is 3. The highest BCUT2D eigenvalue weighted by molar-refractivity contribution is 5.95. The molecule has 3 N–H and O–H groups in total. The van der Waals surface area contributed by atoms with Gasteiger partial charge in [0.1, 0.15) is 5.39 Å². The Morgan fingerprint density at radius 2 is 2.12 bits per heavy atom. The average molecular weight is 457 g/mol. The van der Waals surface area contributed by atoms with Gasteiger partial charge in [-0.3, -0.25) is 9.48 Å². The number of aromatic carboxylic acids is 1. The van der Waals surface area contributed by atoms with Gasteiger partial charge < -0.3 is 15.4 Å². The van der Waals surface area contributed by atoms with Gasteiger partial charge in [0.2, 0.25) is 0 Å². The molecule has 0 aliphatic heterocycles. The van der Waals surface area contributed by atoms with Crippen LogP contribution in [0.5, 0.6) is 0 Å². The van der Waals surface area contributed by atoms with Gasteiger partial charge in [-0.2, -0.15) is 10.4 Å². The summed E-state index contributed by atoms with van der Waals surface area (Å²) in [6.45, 7) is 3.86. The third kappa shape index (κ3) is 3.77. The lowest BCUT2D eigenvalue weighted by molar-refractivity contribution is 0.0689. The van der Waals surface area contributed by atoms with Crippen molar-refractivity contribution in [2.75, 3.05) is 5.32 Å². The van der Waals surface area contributed by atoms with Crippen LogP contribution in [0, 0.1) is 17.2 Å². The van der Waals surface area contributed by atoms with E-state index in [9.17, 15) is 20.0 Å². The van der Waals surface area contributed by atoms with Crippen molar-refractivity contribution in [2.24, 2.45) is 5.92 Å². The van der Waals surface area contributed by atoms with Crippen molar-refractivity contribution < 1.29 is 9.90 Å². The SMILES string of the molecule is CC(C)c1cc2cc(Nc3nn(C(CC#N)C4CC4)c4cc[nH]c(=O)c34)ccc2nc1C(=O)O. The maximum atomic E-state index is 12.7. The molecule has 1 aliphatic carbocycles. The maximum Gasteiger partial charge on any atom is 0.354 e. The number of nitrogens with zero attached hydrogens (tertiary/aromatic N) is 4. The highest BCUT2D eigenvalue weighted by Gasteiger charge is 2.34. The lowest BCUT2D eigenvalue weighted by Crippen LogP contribution is -2.13. The molecule has 3 aromatic heterocycles. The zero-order valence-electron chi connectivity index (χ0n) is 18.9. The standard InChI is InChI=1S/C25H24N6O3/c1-13(2)17-12-15-11-16(5-6-18(15)29-22(17)25(33)34)28-23-21-20(8-10-27-24(21)32)31(30-23)19(7-9-26)14-3-4-14/h5-6,8,10-14,19H,3-4,7H2,1-2H3,(H,27,32)(H,28,30)(H,33,34). The van der Waals surface area contributed by atoms with Crippen LogP contribution in [0.2, 0.25) is 0 Å². The number of pyridine rings is 2. The van der Waals surface area contributed by atoms with Crippen LogP contribution in [-0.2, 0) is 0 Å². The Hall–Kier alpha value is -4.19. The minimum Gasteiger partial charge on any atom is -0.477 e. The Kier molecular flexibility index (Phi) is 5.28. The first-order valence-corrected chi connectivity index (χ1v) is 11.3. The fraction of sp³-hybridized carbons (Fsp3) is 0.320. The molecule has 9 heteroatoms. The van der Waals surface area contributed by atoms with E-state index in [-0.39, 0.29) is 23.2 Å². The van der Waals surface area contributed by atoms with E-state index in [1.54, 1.807) is 18.3 Å². The lowest BCUT2D eigenvalue weighted by atomic mass is 9.99. The fourth-order valence-corrected chi connectivity index (χ4v) is 4.49. The summed E-state index contributed by atoms with van der Waals surface area (Å²) in [7, 11) is 0. The number of aromatic nitrogens is 4. The molecule has 1 fully saturated rings. The molecule has 0 spiro atoms. The van der Waals surface area contributed by atoms with E-state index in [0.717, 1.165) is 18.2 Å². The van der Waals surface area contributed by atoms with Crippen molar-refractivity contribution in [3.05, 3.63) is 58.1 Å². The number of rotatable bonds is 7. The molecule has 1 atom stereocenters. The highest BCUT2D eigenvalue weighted by atomic mass is 16.4. The Morgan fingerprint density at radius 3 is 2.79 bits per heavy atom. The Morgan fingerprint density at radius 1 is 1.32 bits per heavy atom. The van der Waals surface area contributed by atoms with Gasteiger partial charge in [-0.1, -0.05) is 13.8 Å². The van der Waals surface area contributed by atoms with Crippen LogP contribution in [-0.4, -0.2) is 30.8 Å². The zero-order valence-corrected chi connectivity index (χ0v) is 18.9. The minimum atomic E-state index is -1.05. The van der Waals surface area contributed by atoms with E-state index in [4.69, 9.17) is 5.10 Å². The van der Waals surface area contributed by atoms with Gasteiger partial charge in [0.15, 0.2) is 11.5 Å². The number of anilines is 2. The predicted octanol–water partition coefficient (Wildman–Crippen LogP) is 4.70. The first kappa shape index (κ1) is 21.6. The van der Waals surface area contributed by atoms with Gasteiger partial charge in [-0.25, -0.2) is 9.78 Å². The number of nitriles is 1. The molecular weight excluding hydrogens is 432 g/mol. The molecule has 9 nitrogen and oxygen atoms in total. The number of carbonyl (C=O) groups is 1. The molecule has 5 rings (SSSR count). The fourth-order valence-electron chi connectivity index (χ4n) is 4.49. The molecule has 1 saturated carbocycles. The average Bonchev–Trinajstić information content (AvgIpc) is 3.58. The molecule has 4 aromatic rings. The minimum absolute atomic E-state index is 0.00249. The first-order valence-electron chi connectivity index (χ1n) is 11.3. The monoisotopic (exact) mass is 456 g/mol. The van der Waals surface area contributed by atoms with Crippen molar-refractivity contribution in [1.82, 2.24) is 19.7 Å². The summed E-state index contributed by atoms with van der Waals surface area (Å²) in [5, 5.41) is 28.1. The van der Waals surface area contributed by atoms with Crippen molar-refractivity contribution >= 4 is 39.3 Å². The van der Waals surface area contributed by atoms with Crippen molar-refractivity contribution in [2.45, 2.75) is 45.1 Å². The van der Waals surface area contributed by atoms with Gasteiger partial charge in [-0.15, -0.1) is 0 Å². The van der Waals surface area contributed by atoms with Crippen molar-refractivity contribution in [1.29, 1.82) is 5.26 Å². The van der Waals surface area contributed by atoms with Crippen molar-refractivity contribution in [3.63, 3.8) is 0 Å². The normalized spacial score (nSPS) is 14.4. The molecule has 3 heterocycles. The van der Waals surface area contributed by atoms with Crippen LogP contribution in [0.3, 0.4) is 0 Å². The third-order valence-corrected chi connectivity index (χ3v) is 6.34. The topological polar surface area (TPSA) is 137 Å². The third-order valence-electron chi connectivity index (χ3n) is 6.34. The second kappa shape index (κ2) is 8.30. The maximum absolute atomic E-state index is 12.7. The van der Waals surface area contributed by atoms with Gasteiger partial charge in [-0.05, 0) is 60.6 Å². The summed E-state index contributed by atoms with van der Waals surface area (Å²) < 4.78 is 1.81. The second-order valence-electron chi connectivity index (χ2n) is 9.05. The van der Waals surface area contributed by atoms with E-state index in [0.29, 0.717) is 45.8 Å². The smallest absolute Gasteiger partial charge is 0.354 e. The number of carboxylic acids is 1. The molecule has 0 amide bonds. The van der Waals surface area contributed by atoms with Gasteiger partial charge in [0.05, 0.1) is 29.6 Å². The van der Waals surface area contributed by atoms with Crippen LogP contribution in [0.1, 0.15) is 61.1 Å². The number of aromatic amines is 1. The molecule has 172 valence electrons. The molecule has 0 bridgehead atoms. The molecule has 1 aliphatic rings. The van der Waals surface area contributed by atoms with Crippen LogP contribution < -0.4 is 10.9 Å². The summed E-state index contributed by atoms with van der Waals surface area (Å²) in [5.74, 6) is -0.248. The van der Waals surface area contributed by atoms with Gasteiger partial charge >= 0.3 is 5.97 Å². The van der Waals surface area contributed by atoms with Crippen LogP contribution in [0.25, 0.3) is 21.8 Å². The van der Waals surface area contributed by atoms with E-state index in [1.807, 2.05) is 36.7 Å². The summed E-state index contributed by atoms with van der Waals surface area (Å²) in [4.78, 5) is 31.4. The summed E-state index contributed by atoms with van der Waals surface area (Å²) in [5.41, 5.74) is 2.42. The van der Waals surface area contributed by atoms with Crippen LogP contribution in [0.15, 0.2) is 41.3 Å². The number of carboxylic acid groups (broad SMARTS) is 1. The van der Waals surface area contributed by atoms with E-state index >= 15 is 0 Å². The predicted molar refractivity (Wildman–Crippen MR) is 128 cm³/mol. The molecule has 0 saturated heterocycles. The molecular formula is C25H24N6O3. The van der Waals surface area contributed by atoms with Crippen LogP contribution in [0.4, 0.5) is 11.5 Å². The Bertz CT molecular complexity index is 1520. The number of hydrogen-bond acceptors (Lipinski definition) is 6. The molecule has 0 radical (unpaired) electrons. The van der Waals surface area contributed by atoms with E-state index < -0.39 is 5.97 Å². The van der Waals surface area contributed by atoms with Crippen LogP contribution >= 0.6 is 0 Å². The zero-order chi connectivity index (χ0) is 24.0. The highest BCUT2D eigenvalue weighted by Crippen LogP contribution is 2.43. The Labute approximate surface area is 195 Å². The number of fused-ring (bicyclic) bond motifs is 2. The number of H-pyrrole nitrogens is 1.